The molecule has 9 nitrogen and oxygen atoms in total. The molecule has 178 valence electrons. The van der Waals surface area contributed by atoms with Crippen LogP contribution in [0.25, 0.3) is 0 Å². The van der Waals surface area contributed by atoms with Crippen LogP contribution in [0.5, 0.6) is 0 Å². The first-order valence-corrected chi connectivity index (χ1v) is 12.5. The fourth-order valence-electron chi connectivity index (χ4n) is 4.15. The maximum Gasteiger partial charge on any atom is 0.252 e. The second-order valence-electron chi connectivity index (χ2n) is 8.33. The highest BCUT2D eigenvalue weighted by atomic mass is 32.2. The molecule has 34 heavy (non-hydrogen) atoms. The second kappa shape index (κ2) is 10.0. The molecule has 0 bridgehead atoms. The number of benzene rings is 2. The van der Waals surface area contributed by atoms with Gasteiger partial charge in [0.05, 0.1) is 41.9 Å². The van der Waals surface area contributed by atoms with Crippen molar-refractivity contribution in [1.82, 2.24) is 9.21 Å². The SMILES string of the molecule is Cc1ccc(S(=O)(=O)N(CCN2CCOCC2)C2CC(=O)N(c3ccc(C#N)cc3)C2=O)cc1. The first-order valence-electron chi connectivity index (χ1n) is 11.1. The topological polar surface area (TPSA) is 111 Å². The van der Waals surface area contributed by atoms with E-state index in [0.717, 1.165) is 14.8 Å². The molecule has 2 aliphatic heterocycles. The number of amides is 2. The van der Waals surface area contributed by atoms with Crippen molar-refractivity contribution in [2.45, 2.75) is 24.3 Å². The van der Waals surface area contributed by atoms with Crippen molar-refractivity contribution in [2.24, 2.45) is 0 Å². The second-order valence-corrected chi connectivity index (χ2v) is 10.2. The van der Waals surface area contributed by atoms with E-state index >= 15 is 0 Å². The summed E-state index contributed by atoms with van der Waals surface area (Å²) in [7, 11) is -4.04. The highest BCUT2D eigenvalue weighted by Gasteiger charge is 2.47. The molecule has 0 aromatic heterocycles. The zero-order valence-electron chi connectivity index (χ0n) is 18.9. The number of rotatable bonds is 7. The Labute approximate surface area is 199 Å². The predicted molar refractivity (Wildman–Crippen MR) is 124 cm³/mol. The number of aryl methyl sites for hydroxylation is 1. The van der Waals surface area contributed by atoms with E-state index in [1.807, 2.05) is 13.0 Å². The molecule has 10 heteroatoms. The molecule has 4 rings (SSSR count). The normalized spacial score (nSPS) is 19.6. The smallest absolute Gasteiger partial charge is 0.252 e. The van der Waals surface area contributed by atoms with Crippen LogP contribution in [0.4, 0.5) is 5.69 Å². The van der Waals surface area contributed by atoms with Crippen LogP contribution in [0.1, 0.15) is 17.5 Å². The van der Waals surface area contributed by atoms with Gasteiger partial charge >= 0.3 is 0 Å². The number of nitriles is 1. The summed E-state index contributed by atoms with van der Waals surface area (Å²) in [5.41, 5.74) is 1.63. The first kappa shape index (κ1) is 24.0. The number of carbonyl (C=O) groups excluding carboxylic acids is 2. The fourth-order valence-corrected chi connectivity index (χ4v) is 5.72. The summed E-state index contributed by atoms with van der Waals surface area (Å²) < 4.78 is 33.8. The molecule has 0 saturated carbocycles. The van der Waals surface area contributed by atoms with Gasteiger partial charge in [-0.05, 0) is 43.3 Å². The number of anilines is 1. The summed E-state index contributed by atoms with van der Waals surface area (Å²) in [6, 6.07) is 13.4. The lowest BCUT2D eigenvalue weighted by Crippen LogP contribution is -2.49. The van der Waals surface area contributed by atoms with E-state index in [-0.39, 0.29) is 17.9 Å². The van der Waals surface area contributed by atoms with Crippen LogP contribution in [0.15, 0.2) is 53.4 Å². The van der Waals surface area contributed by atoms with Gasteiger partial charge < -0.3 is 4.74 Å². The Balaban J connectivity index is 1.64. The lowest BCUT2D eigenvalue weighted by Gasteiger charge is -2.31. The molecule has 2 aliphatic rings. The molecule has 2 aromatic carbocycles. The minimum absolute atomic E-state index is 0.0705. The minimum Gasteiger partial charge on any atom is -0.379 e. The Morgan fingerprint density at radius 3 is 2.32 bits per heavy atom. The fraction of sp³-hybridized carbons (Fsp3) is 0.375. The third-order valence-electron chi connectivity index (χ3n) is 6.09. The number of carbonyl (C=O) groups is 2. The quantitative estimate of drug-likeness (QED) is 0.550. The van der Waals surface area contributed by atoms with Crippen molar-refractivity contribution in [3.8, 4) is 6.07 Å². The average Bonchev–Trinajstić information content (AvgIpc) is 3.13. The van der Waals surface area contributed by atoms with E-state index in [1.165, 1.54) is 36.4 Å². The molecular weight excluding hydrogens is 456 g/mol. The van der Waals surface area contributed by atoms with Gasteiger partial charge in [-0.1, -0.05) is 17.7 Å². The lowest BCUT2D eigenvalue weighted by atomic mass is 10.2. The van der Waals surface area contributed by atoms with Crippen molar-refractivity contribution >= 4 is 27.5 Å². The molecular formula is C24H26N4O5S. The molecule has 2 saturated heterocycles. The van der Waals surface area contributed by atoms with Crippen LogP contribution >= 0.6 is 0 Å². The van der Waals surface area contributed by atoms with Crippen molar-refractivity contribution in [3.05, 3.63) is 59.7 Å². The Kier molecular flexibility index (Phi) is 7.09. The maximum absolute atomic E-state index is 13.6. The molecule has 2 fully saturated rings. The molecule has 0 aliphatic carbocycles. The van der Waals surface area contributed by atoms with E-state index in [9.17, 15) is 18.0 Å². The molecule has 0 radical (unpaired) electrons. The summed E-state index contributed by atoms with van der Waals surface area (Å²) in [4.78, 5) is 29.4. The minimum atomic E-state index is -4.04. The number of nitrogens with zero attached hydrogens (tertiary/aromatic N) is 4. The number of hydrogen-bond acceptors (Lipinski definition) is 7. The van der Waals surface area contributed by atoms with Crippen molar-refractivity contribution in [1.29, 1.82) is 5.26 Å². The molecule has 1 atom stereocenters. The predicted octanol–water partition coefficient (Wildman–Crippen LogP) is 1.52. The van der Waals surface area contributed by atoms with E-state index < -0.39 is 27.9 Å². The number of ether oxygens (including phenoxy) is 1. The molecule has 2 aromatic rings. The monoisotopic (exact) mass is 482 g/mol. The number of imide groups is 1. The van der Waals surface area contributed by atoms with E-state index in [0.29, 0.717) is 44.1 Å². The van der Waals surface area contributed by atoms with Crippen LogP contribution in [0.2, 0.25) is 0 Å². The Bertz CT molecular complexity index is 1200. The summed E-state index contributed by atoms with van der Waals surface area (Å²) in [6.07, 6.45) is -0.243. The van der Waals surface area contributed by atoms with Gasteiger partial charge in [0, 0.05) is 26.2 Å². The summed E-state index contributed by atoms with van der Waals surface area (Å²) in [5, 5.41) is 9.01. The molecule has 0 N–H and O–H groups in total. The van der Waals surface area contributed by atoms with Gasteiger partial charge in [0.15, 0.2) is 0 Å². The van der Waals surface area contributed by atoms with Gasteiger partial charge in [-0.2, -0.15) is 9.57 Å². The van der Waals surface area contributed by atoms with E-state index in [4.69, 9.17) is 10.00 Å². The molecule has 2 heterocycles. The van der Waals surface area contributed by atoms with Gasteiger partial charge in [-0.15, -0.1) is 0 Å². The van der Waals surface area contributed by atoms with Gasteiger partial charge in [-0.3, -0.25) is 14.5 Å². The van der Waals surface area contributed by atoms with Crippen LogP contribution in [-0.4, -0.2) is 74.9 Å². The first-order chi connectivity index (χ1) is 16.3. The van der Waals surface area contributed by atoms with Gasteiger partial charge in [-0.25, -0.2) is 13.3 Å². The molecule has 2 amide bonds. The van der Waals surface area contributed by atoms with Crippen LogP contribution in [-0.2, 0) is 24.3 Å². The summed E-state index contributed by atoms with van der Waals surface area (Å²) in [5.74, 6) is -1.07. The van der Waals surface area contributed by atoms with Crippen molar-refractivity contribution < 1.29 is 22.7 Å². The standard InChI is InChI=1S/C24H26N4O5S/c1-18-2-8-21(9-3-18)34(31,32)27(11-10-26-12-14-33-15-13-26)22-16-23(29)28(24(22)30)20-6-4-19(17-25)5-7-20/h2-9,22H,10-16H2,1H3. The maximum atomic E-state index is 13.6. The van der Waals surface area contributed by atoms with Crippen molar-refractivity contribution in [2.75, 3.05) is 44.3 Å². The number of morpholine rings is 1. The Morgan fingerprint density at radius 2 is 1.71 bits per heavy atom. The highest BCUT2D eigenvalue weighted by Crippen LogP contribution is 2.29. The van der Waals surface area contributed by atoms with E-state index in [2.05, 4.69) is 4.90 Å². The Hall–Kier alpha value is -3.10. The van der Waals surface area contributed by atoms with Crippen LogP contribution in [0.3, 0.4) is 0 Å². The van der Waals surface area contributed by atoms with Gasteiger partial charge in [0.25, 0.3) is 5.91 Å². The van der Waals surface area contributed by atoms with Gasteiger partial charge in [0.2, 0.25) is 15.9 Å². The van der Waals surface area contributed by atoms with E-state index in [1.54, 1.807) is 12.1 Å². The lowest BCUT2D eigenvalue weighted by molar-refractivity contribution is -0.122. The molecule has 0 spiro atoms. The Morgan fingerprint density at radius 1 is 1.06 bits per heavy atom. The van der Waals surface area contributed by atoms with Crippen LogP contribution < -0.4 is 4.90 Å². The highest BCUT2D eigenvalue weighted by molar-refractivity contribution is 7.89. The largest absolute Gasteiger partial charge is 0.379 e. The average molecular weight is 483 g/mol. The number of hydrogen-bond donors (Lipinski definition) is 0. The van der Waals surface area contributed by atoms with Crippen molar-refractivity contribution in [3.63, 3.8) is 0 Å². The summed E-state index contributed by atoms with van der Waals surface area (Å²) in [6.45, 7) is 4.84. The zero-order chi connectivity index (χ0) is 24.3. The third kappa shape index (κ3) is 4.88. The molecule has 1 unspecified atom stereocenters. The summed E-state index contributed by atoms with van der Waals surface area (Å²) >= 11 is 0. The number of sulfonamides is 1. The third-order valence-corrected chi connectivity index (χ3v) is 8.02. The van der Waals surface area contributed by atoms with Gasteiger partial charge in [0.1, 0.15) is 6.04 Å². The van der Waals surface area contributed by atoms with Crippen LogP contribution in [0, 0.1) is 18.3 Å². The zero-order valence-corrected chi connectivity index (χ0v) is 19.7.